The smallest absolute Gasteiger partial charge is 0.272 e. The summed E-state index contributed by atoms with van der Waals surface area (Å²) in [4.78, 5) is 36.8. The molecule has 0 atom stereocenters. The Balaban J connectivity index is 2.00. The maximum atomic E-state index is 13.2. The van der Waals surface area contributed by atoms with E-state index in [1.54, 1.807) is 43.3 Å². The predicted octanol–water partition coefficient (Wildman–Crippen LogP) is 5.74. The van der Waals surface area contributed by atoms with Crippen LogP contribution in [-0.2, 0) is 4.79 Å². The Hall–Kier alpha value is -3.69. The summed E-state index contributed by atoms with van der Waals surface area (Å²) >= 11 is 9.38. The van der Waals surface area contributed by atoms with E-state index < -0.39 is 16.7 Å². The van der Waals surface area contributed by atoms with Gasteiger partial charge in [0.25, 0.3) is 17.5 Å². The molecule has 0 fully saturated rings. The normalized spacial score (nSPS) is 11.0. The lowest BCUT2D eigenvalue weighted by molar-refractivity contribution is -0.384. The van der Waals surface area contributed by atoms with Crippen molar-refractivity contribution >= 4 is 56.8 Å². The fourth-order valence-electron chi connectivity index (χ4n) is 2.97. The van der Waals surface area contributed by atoms with Gasteiger partial charge in [-0.2, -0.15) is 0 Å². The van der Waals surface area contributed by atoms with Gasteiger partial charge in [0.1, 0.15) is 11.4 Å². The van der Waals surface area contributed by atoms with E-state index >= 15 is 0 Å². The number of hydrogen-bond acceptors (Lipinski definition) is 5. The van der Waals surface area contributed by atoms with Gasteiger partial charge >= 0.3 is 0 Å². The maximum Gasteiger partial charge on any atom is 0.272 e. The van der Waals surface area contributed by atoms with Crippen molar-refractivity contribution in [1.29, 1.82) is 0 Å². The highest BCUT2D eigenvalue weighted by Crippen LogP contribution is 2.24. The molecule has 10 heteroatoms. The average molecular weight is 545 g/mol. The largest absolute Gasteiger partial charge is 0.497 e. The molecule has 0 bridgehead atoms. The molecule has 0 unspecified atom stereocenters. The number of ether oxygens (including phenoxy) is 1. The fraction of sp³-hybridized carbons (Fsp3) is 0.0833. The average Bonchev–Trinajstić information content (AvgIpc) is 2.81. The molecule has 0 saturated carbocycles. The number of nitrogens with zero attached hydrogens (tertiary/aromatic N) is 1. The molecule has 3 aromatic carbocycles. The number of nitro benzene ring substituents is 1. The minimum Gasteiger partial charge on any atom is -0.497 e. The van der Waals surface area contributed by atoms with Crippen molar-refractivity contribution < 1.29 is 19.2 Å². The Morgan fingerprint density at radius 3 is 2.59 bits per heavy atom. The van der Waals surface area contributed by atoms with E-state index in [2.05, 4.69) is 26.6 Å². The molecule has 0 aliphatic rings. The molecule has 3 rings (SSSR count). The van der Waals surface area contributed by atoms with Crippen LogP contribution in [0.2, 0.25) is 5.02 Å². The zero-order valence-electron chi connectivity index (χ0n) is 18.1. The number of non-ortho nitro benzene ring substituents is 1. The molecule has 2 amide bonds. The molecule has 0 aliphatic carbocycles. The summed E-state index contributed by atoms with van der Waals surface area (Å²) in [6.07, 6.45) is 1.36. The van der Waals surface area contributed by atoms with Gasteiger partial charge in [0, 0.05) is 27.3 Å². The lowest BCUT2D eigenvalue weighted by Gasteiger charge is -2.14. The molecule has 0 heterocycles. The van der Waals surface area contributed by atoms with E-state index in [0.717, 1.165) is 5.56 Å². The van der Waals surface area contributed by atoms with Gasteiger partial charge in [-0.1, -0.05) is 29.8 Å². The third-order valence-electron chi connectivity index (χ3n) is 4.75. The first-order valence-corrected chi connectivity index (χ1v) is 11.0. The molecule has 34 heavy (non-hydrogen) atoms. The number of aryl methyl sites for hydroxylation is 1. The number of methoxy groups -OCH3 is 1. The van der Waals surface area contributed by atoms with Gasteiger partial charge in [-0.15, -0.1) is 0 Å². The van der Waals surface area contributed by atoms with Gasteiger partial charge in [-0.05, 0) is 70.4 Å². The van der Waals surface area contributed by atoms with Crippen LogP contribution in [0, 0.1) is 17.0 Å². The van der Waals surface area contributed by atoms with Crippen molar-refractivity contribution in [2.24, 2.45) is 0 Å². The van der Waals surface area contributed by atoms with Crippen LogP contribution in [0.3, 0.4) is 0 Å². The Morgan fingerprint density at radius 2 is 1.88 bits per heavy atom. The molecule has 0 radical (unpaired) electrons. The number of amides is 2. The van der Waals surface area contributed by atoms with E-state index in [1.807, 2.05) is 0 Å². The summed E-state index contributed by atoms with van der Waals surface area (Å²) in [7, 11) is 1.47. The third-order valence-corrected chi connectivity index (χ3v) is 5.68. The number of nitrogens with one attached hydrogen (secondary N) is 2. The number of anilines is 1. The first kappa shape index (κ1) is 24.9. The molecule has 0 aromatic heterocycles. The summed E-state index contributed by atoms with van der Waals surface area (Å²) in [6.45, 7) is 1.79. The van der Waals surface area contributed by atoms with Gasteiger partial charge in [-0.25, -0.2) is 0 Å². The number of hydrogen-bond donors (Lipinski definition) is 2. The molecule has 0 spiro atoms. The number of nitro groups is 1. The predicted molar refractivity (Wildman–Crippen MR) is 134 cm³/mol. The van der Waals surface area contributed by atoms with Crippen LogP contribution in [0.4, 0.5) is 11.4 Å². The molecule has 2 N–H and O–H groups in total. The minimum atomic E-state index is -0.635. The number of carbonyl (C=O) groups is 2. The van der Waals surface area contributed by atoms with Crippen molar-refractivity contribution in [2.75, 3.05) is 12.4 Å². The van der Waals surface area contributed by atoms with Crippen molar-refractivity contribution in [3.8, 4) is 5.75 Å². The molecule has 0 aliphatic heterocycles. The summed E-state index contributed by atoms with van der Waals surface area (Å²) in [5.74, 6) is -0.763. The zero-order valence-corrected chi connectivity index (χ0v) is 20.4. The lowest BCUT2D eigenvalue weighted by atomic mass is 10.1. The summed E-state index contributed by atoms with van der Waals surface area (Å²) in [5, 5.41) is 16.9. The first-order valence-electron chi connectivity index (χ1n) is 9.86. The zero-order chi connectivity index (χ0) is 24.8. The van der Waals surface area contributed by atoms with Crippen LogP contribution in [0.25, 0.3) is 6.08 Å². The lowest BCUT2D eigenvalue weighted by Crippen LogP contribution is -2.31. The molecule has 0 saturated heterocycles. The van der Waals surface area contributed by atoms with Crippen molar-refractivity contribution in [2.45, 2.75) is 6.92 Å². The molecule has 174 valence electrons. The number of carbonyl (C=O) groups excluding carboxylic acids is 2. The molecule has 3 aromatic rings. The highest BCUT2D eigenvalue weighted by molar-refractivity contribution is 9.10. The summed E-state index contributed by atoms with van der Waals surface area (Å²) < 4.78 is 5.67. The van der Waals surface area contributed by atoms with Crippen LogP contribution in [0.5, 0.6) is 5.75 Å². The minimum absolute atomic E-state index is 0.125. The summed E-state index contributed by atoms with van der Waals surface area (Å²) in [6, 6.07) is 15.6. The first-order chi connectivity index (χ1) is 16.2. The van der Waals surface area contributed by atoms with Crippen molar-refractivity contribution in [3.63, 3.8) is 0 Å². The van der Waals surface area contributed by atoms with Crippen LogP contribution >= 0.6 is 27.5 Å². The van der Waals surface area contributed by atoms with Gasteiger partial charge < -0.3 is 15.4 Å². The Bertz CT molecular complexity index is 1310. The van der Waals surface area contributed by atoms with Crippen molar-refractivity contribution in [1.82, 2.24) is 5.32 Å². The molecule has 8 nitrogen and oxygen atoms in total. The summed E-state index contributed by atoms with van der Waals surface area (Å²) in [5.41, 5.74) is 1.53. The standard InChI is InChI=1S/C24H19BrClN3O5/c1-14-6-7-16(26)12-21(14)27-24(31)22(11-15-4-3-5-17(10-15)29(32)33)28-23(30)19-13-18(34-2)8-9-20(19)25/h3-13H,1-2H3,(H,27,31)(H,28,30). The Labute approximate surface area is 208 Å². The second-order valence-corrected chi connectivity index (χ2v) is 8.41. The van der Waals surface area contributed by atoms with Gasteiger partial charge in [-0.3, -0.25) is 19.7 Å². The highest BCUT2D eigenvalue weighted by Gasteiger charge is 2.19. The second-order valence-electron chi connectivity index (χ2n) is 7.12. The van der Waals surface area contributed by atoms with Gasteiger partial charge in [0.2, 0.25) is 0 Å². The van der Waals surface area contributed by atoms with Crippen LogP contribution in [0.15, 0.2) is 70.8 Å². The van der Waals surface area contributed by atoms with E-state index in [-0.39, 0.29) is 16.9 Å². The Kier molecular flexibility index (Phi) is 8.04. The van der Waals surface area contributed by atoms with Crippen LogP contribution in [0.1, 0.15) is 21.5 Å². The number of halogens is 2. The van der Waals surface area contributed by atoms with Gasteiger partial charge in [0.15, 0.2) is 0 Å². The van der Waals surface area contributed by atoms with E-state index in [0.29, 0.717) is 26.5 Å². The van der Waals surface area contributed by atoms with E-state index in [9.17, 15) is 19.7 Å². The SMILES string of the molecule is COc1ccc(Br)c(C(=O)NC(=Cc2cccc([N+](=O)[O-])c2)C(=O)Nc2cc(Cl)ccc2C)c1. The van der Waals surface area contributed by atoms with E-state index in [1.165, 1.54) is 37.5 Å². The quantitative estimate of drug-likeness (QED) is 0.224. The molecular weight excluding hydrogens is 526 g/mol. The third kappa shape index (κ3) is 6.21. The van der Waals surface area contributed by atoms with Crippen molar-refractivity contribution in [3.05, 3.63) is 103 Å². The van der Waals surface area contributed by atoms with Crippen LogP contribution in [-0.4, -0.2) is 23.8 Å². The monoisotopic (exact) mass is 543 g/mol. The highest BCUT2D eigenvalue weighted by atomic mass is 79.9. The van der Waals surface area contributed by atoms with E-state index in [4.69, 9.17) is 16.3 Å². The Morgan fingerprint density at radius 1 is 1.12 bits per heavy atom. The maximum absolute atomic E-state index is 13.2. The molecular formula is C24H19BrClN3O5. The number of rotatable bonds is 7. The number of benzene rings is 3. The van der Waals surface area contributed by atoms with Gasteiger partial charge in [0.05, 0.1) is 17.6 Å². The van der Waals surface area contributed by atoms with Crippen LogP contribution < -0.4 is 15.4 Å². The fourth-order valence-corrected chi connectivity index (χ4v) is 3.57. The topological polar surface area (TPSA) is 111 Å². The second kappa shape index (κ2) is 11.0.